The quantitative estimate of drug-likeness (QED) is 0.516. The molecule has 0 fully saturated rings. The molecule has 0 amide bonds. The molecule has 1 aromatic carbocycles. The molecule has 21 heavy (non-hydrogen) atoms. The average Bonchev–Trinajstić information content (AvgIpc) is 3.19. The fourth-order valence-electron chi connectivity index (χ4n) is 2.71. The van der Waals surface area contributed by atoms with Gasteiger partial charge in [0.25, 0.3) is 0 Å². The number of benzene rings is 1. The standard InChI is InChI=1S/C17H13NOS2/c1-2-10-4-3-5-11-12(9-18-16(10)11)17(19)15-8-14-13(21-15)6-7-20-14/h3-9,18H,2H2,1H3. The summed E-state index contributed by atoms with van der Waals surface area (Å²) < 4.78 is 2.38. The van der Waals surface area contributed by atoms with Crippen LogP contribution in [0.15, 0.2) is 41.9 Å². The molecule has 0 bridgehead atoms. The second-order valence-electron chi connectivity index (χ2n) is 4.98. The maximum Gasteiger partial charge on any atom is 0.205 e. The lowest BCUT2D eigenvalue weighted by molar-refractivity contribution is 0.104. The molecule has 4 heteroatoms. The zero-order valence-electron chi connectivity index (χ0n) is 11.5. The number of H-pyrrole nitrogens is 1. The number of carbonyl (C=O) groups is 1. The van der Waals surface area contributed by atoms with Gasteiger partial charge < -0.3 is 4.98 Å². The first kappa shape index (κ1) is 12.8. The monoisotopic (exact) mass is 311 g/mol. The maximum absolute atomic E-state index is 12.8. The summed E-state index contributed by atoms with van der Waals surface area (Å²) in [5.41, 5.74) is 3.11. The van der Waals surface area contributed by atoms with Crippen molar-refractivity contribution in [3.63, 3.8) is 0 Å². The lowest BCUT2D eigenvalue weighted by Gasteiger charge is -2.00. The summed E-state index contributed by atoms with van der Waals surface area (Å²) in [5, 5.41) is 3.09. The number of carbonyl (C=O) groups excluding carboxylic acids is 1. The molecule has 0 saturated heterocycles. The maximum atomic E-state index is 12.8. The molecule has 0 aliphatic heterocycles. The SMILES string of the molecule is CCc1cccc2c(C(=O)c3cc4sccc4s3)c[nH]c12. The Balaban J connectivity index is 1.86. The number of ketones is 1. The predicted molar refractivity (Wildman–Crippen MR) is 90.8 cm³/mol. The van der Waals surface area contributed by atoms with Crippen LogP contribution in [0.25, 0.3) is 20.3 Å². The van der Waals surface area contributed by atoms with E-state index in [1.807, 2.05) is 24.4 Å². The number of fused-ring (bicyclic) bond motifs is 2. The Morgan fingerprint density at radius 3 is 2.95 bits per heavy atom. The van der Waals surface area contributed by atoms with Gasteiger partial charge in [0, 0.05) is 32.1 Å². The first-order chi connectivity index (χ1) is 10.3. The largest absolute Gasteiger partial charge is 0.360 e. The minimum Gasteiger partial charge on any atom is -0.360 e. The van der Waals surface area contributed by atoms with Gasteiger partial charge in [-0.3, -0.25) is 4.79 Å². The van der Waals surface area contributed by atoms with Crippen molar-refractivity contribution in [1.82, 2.24) is 4.98 Å². The van der Waals surface area contributed by atoms with E-state index >= 15 is 0 Å². The predicted octanol–water partition coefficient (Wildman–Crippen LogP) is 5.24. The summed E-state index contributed by atoms with van der Waals surface area (Å²) in [6.45, 7) is 2.13. The Hall–Kier alpha value is -1.91. The summed E-state index contributed by atoms with van der Waals surface area (Å²) in [7, 11) is 0. The molecule has 0 radical (unpaired) electrons. The highest BCUT2D eigenvalue weighted by Gasteiger charge is 2.17. The van der Waals surface area contributed by atoms with Crippen LogP contribution in [0.1, 0.15) is 27.7 Å². The molecule has 0 unspecified atom stereocenters. The Labute approximate surface area is 130 Å². The highest BCUT2D eigenvalue weighted by molar-refractivity contribution is 7.28. The molecule has 0 aliphatic rings. The third kappa shape index (κ3) is 1.94. The van der Waals surface area contributed by atoms with E-state index in [-0.39, 0.29) is 5.78 Å². The molecule has 0 saturated carbocycles. The first-order valence-corrected chi connectivity index (χ1v) is 8.58. The van der Waals surface area contributed by atoms with Crippen LogP contribution in [0.2, 0.25) is 0 Å². The van der Waals surface area contributed by atoms with E-state index in [9.17, 15) is 4.79 Å². The number of rotatable bonds is 3. The minimum absolute atomic E-state index is 0.114. The second kappa shape index (κ2) is 4.83. The number of nitrogens with one attached hydrogen (secondary N) is 1. The molecule has 0 atom stereocenters. The van der Waals surface area contributed by atoms with Crippen LogP contribution in [0.3, 0.4) is 0 Å². The fourth-order valence-corrected chi connectivity index (χ4v) is 4.77. The molecule has 3 heterocycles. The lowest BCUT2D eigenvalue weighted by atomic mass is 10.0. The van der Waals surface area contributed by atoms with Gasteiger partial charge in [-0.05, 0) is 29.5 Å². The number of aromatic nitrogens is 1. The zero-order chi connectivity index (χ0) is 14.4. The van der Waals surface area contributed by atoms with Crippen molar-refractivity contribution in [1.29, 1.82) is 0 Å². The molecule has 1 N–H and O–H groups in total. The number of hydrogen-bond acceptors (Lipinski definition) is 3. The van der Waals surface area contributed by atoms with Gasteiger partial charge in [-0.25, -0.2) is 0 Å². The van der Waals surface area contributed by atoms with E-state index in [2.05, 4.69) is 29.4 Å². The van der Waals surface area contributed by atoms with Crippen LogP contribution in [-0.2, 0) is 6.42 Å². The van der Waals surface area contributed by atoms with Gasteiger partial charge in [-0.15, -0.1) is 22.7 Å². The van der Waals surface area contributed by atoms with Crippen molar-refractivity contribution in [2.24, 2.45) is 0 Å². The Morgan fingerprint density at radius 2 is 2.14 bits per heavy atom. The van der Waals surface area contributed by atoms with Crippen molar-refractivity contribution in [3.05, 3.63) is 57.9 Å². The summed E-state index contributed by atoms with van der Waals surface area (Å²) in [6, 6.07) is 10.2. The molecular formula is C17H13NOS2. The van der Waals surface area contributed by atoms with E-state index < -0.39 is 0 Å². The smallest absolute Gasteiger partial charge is 0.205 e. The van der Waals surface area contributed by atoms with Gasteiger partial charge in [0.15, 0.2) is 0 Å². The molecule has 0 spiro atoms. The van der Waals surface area contributed by atoms with Gasteiger partial charge in [-0.2, -0.15) is 0 Å². The van der Waals surface area contributed by atoms with Crippen molar-refractivity contribution in [3.8, 4) is 0 Å². The highest BCUT2D eigenvalue weighted by Crippen LogP contribution is 2.33. The first-order valence-electron chi connectivity index (χ1n) is 6.88. The fraction of sp³-hybridized carbons (Fsp3) is 0.118. The molecular weight excluding hydrogens is 298 g/mol. The number of para-hydroxylation sites is 1. The number of aromatic amines is 1. The van der Waals surface area contributed by atoms with E-state index in [1.54, 1.807) is 22.7 Å². The Bertz CT molecular complexity index is 929. The van der Waals surface area contributed by atoms with Crippen molar-refractivity contribution in [2.45, 2.75) is 13.3 Å². The minimum atomic E-state index is 0.114. The zero-order valence-corrected chi connectivity index (χ0v) is 13.1. The van der Waals surface area contributed by atoms with E-state index in [4.69, 9.17) is 0 Å². The third-order valence-corrected chi connectivity index (χ3v) is 5.88. The number of thiophene rings is 2. The van der Waals surface area contributed by atoms with Crippen LogP contribution in [-0.4, -0.2) is 10.8 Å². The van der Waals surface area contributed by atoms with Crippen LogP contribution in [0.5, 0.6) is 0 Å². The normalized spacial score (nSPS) is 11.5. The van der Waals surface area contributed by atoms with Crippen molar-refractivity contribution in [2.75, 3.05) is 0 Å². The van der Waals surface area contributed by atoms with E-state index in [0.29, 0.717) is 0 Å². The van der Waals surface area contributed by atoms with Gasteiger partial charge in [0.1, 0.15) is 0 Å². The topological polar surface area (TPSA) is 32.9 Å². The van der Waals surface area contributed by atoms with Crippen molar-refractivity contribution >= 4 is 48.8 Å². The molecule has 2 nitrogen and oxygen atoms in total. The molecule has 4 aromatic rings. The van der Waals surface area contributed by atoms with Gasteiger partial charge in [-0.1, -0.05) is 25.1 Å². The number of hydrogen-bond donors (Lipinski definition) is 1. The summed E-state index contributed by atoms with van der Waals surface area (Å²) in [4.78, 5) is 16.9. The van der Waals surface area contributed by atoms with Crippen molar-refractivity contribution < 1.29 is 4.79 Å². The van der Waals surface area contributed by atoms with Gasteiger partial charge in [0.2, 0.25) is 5.78 Å². The highest BCUT2D eigenvalue weighted by atomic mass is 32.1. The third-order valence-electron chi connectivity index (χ3n) is 3.79. The second-order valence-corrected chi connectivity index (χ2v) is 7.02. The Kier molecular flexibility index (Phi) is 2.94. The van der Waals surface area contributed by atoms with Crippen LogP contribution in [0.4, 0.5) is 0 Å². The summed E-state index contributed by atoms with van der Waals surface area (Å²) >= 11 is 3.26. The summed E-state index contributed by atoms with van der Waals surface area (Å²) in [6.07, 6.45) is 2.81. The van der Waals surface area contributed by atoms with Crippen LogP contribution < -0.4 is 0 Å². The van der Waals surface area contributed by atoms with E-state index in [0.717, 1.165) is 27.8 Å². The van der Waals surface area contributed by atoms with Gasteiger partial charge >= 0.3 is 0 Å². The summed E-state index contributed by atoms with van der Waals surface area (Å²) in [5.74, 6) is 0.114. The molecule has 104 valence electrons. The average molecular weight is 311 g/mol. The molecule has 0 aliphatic carbocycles. The molecule has 3 aromatic heterocycles. The van der Waals surface area contributed by atoms with Crippen LogP contribution in [0, 0.1) is 0 Å². The number of aryl methyl sites for hydroxylation is 1. The van der Waals surface area contributed by atoms with Crippen LogP contribution >= 0.6 is 22.7 Å². The van der Waals surface area contributed by atoms with Gasteiger partial charge in [0.05, 0.1) is 4.88 Å². The van der Waals surface area contributed by atoms with E-state index in [1.165, 1.54) is 15.0 Å². The molecule has 4 rings (SSSR count). The Morgan fingerprint density at radius 1 is 1.24 bits per heavy atom. The lowest BCUT2D eigenvalue weighted by Crippen LogP contribution is -1.96.